The van der Waals surface area contributed by atoms with Gasteiger partial charge >= 0.3 is 0 Å². The molecular weight excluding hydrogens is 356 g/mol. The third-order valence-corrected chi connectivity index (χ3v) is 5.85. The second kappa shape index (κ2) is 8.14. The average Bonchev–Trinajstić information content (AvgIpc) is 3.22. The topological polar surface area (TPSA) is 78.5 Å². The molecule has 3 heterocycles. The van der Waals surface area contributed by atoms with Gasteiger partial charge in [0.2, 0.25) is 5.91 Å². The first-order valence-electron chi connectivity index (χ1n) is 9.84. The highest BCUT2D eigenvalue weighted by Gasteiger charge is 2.39. The molecule has 2 aromatic rings. The minimum Gasteiger partial charge on any atom is -0.375 e. The number of imidazole rings is 1. The van der Waals surface area contributed by atoms with Crippen LogP contribution in [0.5, 0.6) is 0 Å². The van der Waals surface area contributed by atoms with Crippen molar-refractivity contribution < 1.29 is 14.3 Å². The van der Waals surface area contributed by atoms with Crippen LogP contribution in [0.3, 0.4) is 0 Å². The summed E-state index contributed by atoms with van der Waals surface area (Å²) in [6.45, 7) is 2.15. The molecule has 0 radical (unpaired) electrons. The normalized spacial score (nSPS) is 20.1. The quantitative estimate of drug-likeness (QED) is 0.878. The number of carbonyl (C=O) groups excluding carboxylic acids is 2. The molecule has 0 spiro atoms. The fourth-order valence-electron chi connectivity index (χ4n) is 4.45. The SMILES string of the molecule is COCC(=O)N1CCc2[nH]cnc2C1C1CCN(C(=O)c2ccccc2)CC1. The maximum absolute atomic E-state index is 12.7. The summed E-state index contributed by atoms with van der Waals surface area (Å²) in [5, 5.41) is 0. The van der Waals surface area contributed by atoms with E-state index in [-0.39, 0.29) is 30.4 Å². The van der Waals surface area contributed by atoms with Crippen molar-refractivity contribution in [1.29, 1.82) is 0 Å². The number of nitrogens with zero attached hydrogens (tertiary/aromatic N) is 3. The molecule has 1 aromatic heterocycles. The molecule has 7 nitrogen and oxygen atoms in total. The van der Waals surface area contributed by atoms with Gasteiger partial charge in [-0.05, 0) is 30.9 Å². The smallest absolute Gasteiger partial charge is 0.253 e. The Bertz CT molecular complexity index is 827. The van der Waals surface area contributed by atoms with E-state index < -0.39 is 0 Å². The molecule has 0 saturated carbocycles. The molecule has 4 rings (SSSR count). The fraction of sp³-hybridized carbons (Fsp3) is 0.476. The Kier molecular flexibility index (Phi) is 5.43. The summed E-state index contributed by atoms with van der Waals surface area (Å²) in [5.74, 6) is 0.363. The maximum atomic E-state index is 12.7. The van der Waals surface area contributed by atoms with Gasteiger partial charge in [-0.15, -0.1) is 0 Å². The number of hydrogen-bond acceptors (Lipinski definition) is 4. The number of fused-ring (bicyclic) bond motifs is 1. The molecule has 1 aromatic carbocycles. The largest absolute Gasteiger partial charge is 0.375 e. The molecular formula is C21H26N4O3. The molecule has 0 aliphatic carbocycles. The van der Waals surface area contributed by atoms with Crippen LogP contribution in [0.25, 0.3) is 0 Å². The summed E-state index contributed by atoms with van der Waals surface area (Å²) in [7, 11) is 1.55. The predicted molar refractivity (Wildman–Crippen MR) is 104 cm³/mol. The van der Waals surface area contributed by atoms with E-state index in [9.17, 15) is 9.59 Å². The Hall–Kier alpha value is -2.67. The zero-order chi connectivity index (χ0) is 19.5. The van der Waals surface area contributed by atoms with Gasteiger partial charge in [-0.1, -0.05) is 18.2 Å². The van der Waals surface area contributed by atoms with Gasteiger partial charge in [-0.25, -0.2) is 4.98 Å². The monoisotopic (exact) mass is 382 g/mol. The maximum Gasteiger partial charge on any atom is 0.253 e. The molecule has 1 atom stereocenters. The Labute approximate surface area is 164 Å². The Balaban J connectivity index is 1.49. The Morgan fingerprint density at radius 1 is 1.18 bits per heavy atom. The first-order chi connectivity index (χ1) is 13.7. The molecule has 1 N–H and O–H groups in total. The van der Waals surface area contributed by atoms with Gasteiger partial charge in [0.05, 0.1) is 18.1 Å². The third-order valence-electron chi connectivity index (χ3n) is 5.85. The lowest BCUT2D eigenvalue weighted by molar-refractivity contribution is -0.140. The van der Waals surface area contributed by atoms with Crippen molar-refractivity contribution in [3.8, 4) is 0 Å². The Morgan fingerprint density at radius 3 is 2.64 bits per heavy atom. The molecule has 7 heteroatoms. The summed E-state index contributed by atoms with van der Waals surface area (Å²) in [6, 6.07) is 9.36. The second-order valence-electron chi connectivity index (χ2n) is 7.48. The van der Waals surface area contributed by atoms with Crippen molar-refractivity contribution in [2.24, 2.45) is 5.92 Å². The van der Waals surface area contributed by atoms with Crippen LogP contribution in [0.4, 0.5) is 0 Å². The molecule has 2 aliphatic rings. The summed E-state index contributed by atoms with van der Waals surface area (Å²) in [6.07, 6.45) is 4.21. The van der Waals surface area contributed by atoms with Gasteiger partial charge in [-0.3, -0.25) is 9.59 Å². The fourth-order valence-corrected chi connectivity index (χ4v) is 4.45. The first kappa shape index (κ1) is 18.7. The third kappa shape index (κ3) is 3.54. The van der Waals surface area contributed by atoms with Gasteiger partial charge in [0, 0.05) is 44.4 Å². The van der Waals surface area contributed by atoms with Gasteiger partial charge in [0.15, 0.2) is 0 Å². The molecule has 2 amide bonds. The van der Waals surface area contributed by atoms with Crippen molar-refractivity contribution in [3.05, 3.63) is 53.6 Å². The summed E-state index contributed by atoms with van der Waals surface area (Å²) in [5.41, 5.74) is 2.82. The highest BCUT2D eigenvalue weighted by molar-refractivity contribution is 5.94. The van der Waals surface area contributed by atoms with Crippen LogP contribution in [-0.4, -0.2) is 64.9 Å². The molecule has 148 valence electrons. The van der Waals surface area contributed by atoms with Gasteiger partial charge < -0.3 is 19.5 Å². The number of ether oxygens (including phenoxy) is 1. The predicted octanol–water partition coefficient (Wildman–Crippen LogP) is 2.03. The molecule has 2 aliphatic heterocycles. The van der Waals surface area contributed by atoms with E-state index in [0.29, 0.717) is 19.6 Å². The van der Waals surface area contributed by atoms with Crippen LogP contribution >= 0.6 is 0 Å². The molecule has 1 fully saturated rings. The number of amides is 2. The van der Waals surface area contributed by atoms with Crippen molar-refractivity contribution in [2.75, 3.05) is 33.4 Å². The van der Waals surface area contributed by atoms with Crippen LogP contribution in [0, 0.1) is 5.92 Å². The van der Waals surface area contributed by atoms with E-state index >= 15 is 0 Å². The lowest BCUT2D eigenvalue weighted by atomic mass is 9.83. The zero-order valence-corrected chi connectivity index (χ0v) is 16.1. The standard InChI is InChI=1S/C21H26N4O3/c1-28-13-18(26)25-12-9-17-19(23-14-22-17)20(25)15-7-10-24(11-8-15)21(27)16-5-3-2-4-6-16/h2-6,14-15,20H,7-13H2,1H3,(H,22,23). The average molecular weight is 382 g/mol. The minimum atomic E-state index is -0.0494. The van der Waals surface area contributed by atoms with Crippen LogP contribution in [0.1, 0.15) is 40.6 Å². The van der Waals surface area contributed by atoms with E-state index in [4.69, 9.17) is 4.74 Å². The number of piperidine rings is 1. The number of methoxy groups -OCH3 is 1. The Morgan fingerprint density at radius 2 is 1.93 bits per heavy atom. The molecule has 0 bridgehead atoms. The summed E-state index contributed by atoms with van der Waals surface area (Å²) < 4.78 is 5.09. The summed E-state index contributed by atoms with van der Waals surface area (Å²) in [4.78, 5) is 37.0. The van der Waals surface area contributed by atoms with Crippen molar-refractivity contribution in [1.82, 2.24) is 19.8 Å². The number of nitrogens with one attached hydrogen (secondary N) is 1. The number of likely N-dealkylation sites (tertiary alicyclic amines) is 1. The molecule has 1 unspecified atom stereocenters. The van der Waals surface area contributed by atoms with Gasteiger partial charge in [0.1, 0.15) is 6.61 Å². The number of H-pyrrole nitrogens is 1. The number of benzene rings is 1. The van der Waals surface area contributed by atoms with E-state index in [1.165, 1.54) is 0 Å². The minimum absolute atomic E-state index is 0.00365. The first-order valence-corrected chi connectivity index (χ1v) is 9.84. The number of rotatable bonds is 4. The van der Waals surface area contributed by atoms with E-state index in [1.807, 2.05) is 40.1 Å². The number of aromatic nitrogens is 2. The van der Waals surface area contributed by atoms with E-state index in [1.54, 1.807) is 13.4 Å². The lowest BCUT2D eigenvalue weighted by Crippen LogP contribution is -2.48. The lowest BCUT2D eigenvalue weighted by Gasteiger charge is -2.43. The second-order valence-corrected chi connectivity index (χ2v) is 7.48. The van der Waals surface area contributed by atoms with Crippen LogP contribution in [0.15, 0.2) is 36.7 Å². The van der Waals surface area contributed by atoms with Gasteiger partial charge in [0.25, 0.3) is 5.91 Å². The highest BCUT2D eigenvalue weighted by Crippen LogP contribution is 2.39. The van der Waals surface area contributed by atoms with Crippen LogP contribution in [-0.2, 0) is 16.0 Å². The van der Waals surface area contributed by atoms with Crippen LogP contribution in [0.2, 0.25) is 0 Å². The summed E-state index contributed by atoms with van der Waals surface area (Å²) >= 11 is 0. The van der Waals surface area contributed by atoms with Gasteiger partial charge in [-0.2, -0.15) is 0 Å². The van der Waals surface area contributed by atoms with Crippen molar-refractivity contribution in [3.63, 3.8) is 0 Å². The van der Waals surface area contributed by atoms with E-state index in [2.05, 4.69) is 9.97 Å². The molecule has 28 heavy (non-hydrogen) atoms. The van der Waals surface area contributed by atoms with E-state index in [0.717, 1.165) is 36.2 Å². The van der Waals surface area contributed by atoms with Crippen LogP contribution < -0.4 is 0 Å². The van der Waals surface area contributed by atoms with Crippen molar-refractivity contribution in [2.45, 2.75) is 25.3 Å². The number of hydrogen-bond donors (Lipinski definition) is 1. The number of aromatic amines is 1. The highest BCUT2D eigenvalue weighted by atomic mass is 16.5. The number of carbonyl (C=O) groups is 2. The zero-order valence-electron chi connectivity index (χ0n) is 16.1. The molecule has 1 saturated heterocycles. The van der Waals surface area contributed by atoms with Crippen molar-refractivity contribution >= 4 is 11.8 Å².